The summed E-state index contributed by atoms with van der Waals surface area (Å²) < 4.78 is 5.21. The summed E-state index contributed by atoms with van der Waals surface area (Å²) in [6, 6.07) is 0. The Morgan fingerprint density at radius 1 is 1.57 bits per heavy atom. The SMILES string of the molecule is Cc1nc(CN2CCCC(O)(CCC(=O)N(C)C)C2)co1. The van der Waals surface area contributed by atoms with Gasteiger partial charge in [0, 0.05) is 40.5 Å². The van der Waals surface area contributed by atoms with E-state index < -0.39 is 5.60 Å². The first-order chi connectivity index (χ1) is 9.88. The van der Waals surface area contributed by atoms with Gasteiger partial charge in [0.15, 0.2) is 5.89 Å². The predicted molar refractivity (Wildman–Crippen MR) is 78.6 cm³/mol. The largest absolute Gasteiger partial charge is 0.449 e. The van der Waals surface area contributed by atoms with Crippen molar-refractivity contribution >= 4 is 5.91 Å². The highest BCUT2D eigenvalue weighted by Crippen LogP contribution is 2.27. The minimum absolute atomic E-state index is 0.0627. The Hall–Kier alpha value is -1.40. The quantitative estimate of drug-likeness (QED) is 0.883. The average Bonchev–Trinajstić information content (AvgIpc) is 2.81. The average molecular weight is 295 g/mol. The lowest BCUT2D eigenvalue weighted by atomic mass is 9.88. The molecule has 0 aliphatic carbocycles. The molecule has 118 valence electrons. The molecule has 1 aliphatic rings. The van der Waals surface area contributed by atoms with E-state index in [9.17, 15) is 9.90 Å². The number of nitrogens with zero attached hydrogens (tertiary/aromatic N) is 3. The molecule has 1 aliphatic heterocycles. The molecular formula is C15H25N3O3. The van der Waals surface area contributed by atoms with Crippen LogP contribution in [0.1, 0.15) is 37.3 Å². The second kappa shape index (κ2) is 6.58. The molecule has 0 spiro atoms. The lowest BCUT2D eigenvalue weighted by molar-refractivity contribution is -0.130. The zero-order chi connectivity index (χ0) is 15.5. The molecule has 0 aromatic carbocycles. The van der Waals surface area contributed by atoms with Gasteiger partial charge in [-0.05, 0) is 25.8 Å². The second-order valence-electron chi connectivity index (χ2n) is 6.18. The summed E-state index contributed by atoms with van der Waals surface area (Å²) in [5.74, 6) is 0.724. The molecule has 1 amide bonds. The first-order valence-corrected chi connectivity index (χ1v) is 7.44. The fourth-order valence-corrected chi connectivity index (χ4v) is 2.82. The molecule has 6 heteroatoms. The molecule has 21 heavy (non-hydrogen) atoms. The van der Waals surface area contributed by atoms with Crippen molar-refractivity contribution in [3.8, 4) is 0 Å². The van der Waals surface area contributed by atoms with Gasteiger partial charge in [-0.2, -0.15) is 0 Å². The molecule has 1 aromatic rings. The summed E-state index contributed by atoms with van der Waals surface area (Å²) in [6.07, 6.45) is 4.25. The highest BCUT2D eigenvalue weighted by atomic mass is 16.3. The van der Waals surface area contributed by atoms with Crippen LogP contribution in [0.15, 0.2) is 10.7 Å². The van der Waals surface area contributed by atoms with Gasteiger partial charge < -0.3 is 14.4 Å². The van der Waals surface area contributed by atoms with Crippen molar-refractivity contribution in [2.45, 2.75) is 44.8 Å². The van der Waals surface area contributed by atoms with E-state index >= 15 is 0 Å². The third kappa shape index (κ3) is 4.54. The molecule has 6 nitrogen and oxygen atoms in total. The highest BCUT2D eigenvalue weighted by Gasteiger charge is 2.33. The Labute approximate surface area is 125 Å². The maximum absolute atomic E-state index is 11.7. The summed E-state index contributed by atoms with van der Waals surface area (Å²) in [4.78, 5) is 19.7. The number of aryl methyl sites for hydroxylation is 1. The van der Waals surface area contributed by atoms with E-state index in [1.165, 1.54) is 0 Å². The number of amides is 1. The van der Waals surface area contributed by atoms with E-state index in [0.717, 1.165) is 25.1 Å². The van der Waals surface area contributed by atoms with Crippen LogP contribution in [-0.2, 0) is 11.3 Å². The number of hydrogen-bond acceptors (Lipinski definition) is 5. The van der Waals surface area contributed by atoms with Crippen LogP contribution in [-0.4, -0.2) is 58.6 Å². The Balaban J connectivity index is 1.88. The normalized spacial score (nSPS) is 23.2. The Bertz CT molecular complexity index is 486. The topological polar surface area (TPSA) is 69.8 Å². The fourth-order valence-electron chi connectivity index (χ4n) is 2.82. The lowest BCUT2D eigenvalue weighted by Gasteiger charge is -2.39. The van der Waals surface area contributed by atoms with Gasteiger partial charge >= 0.3 is 0 Å². The first kappa shape index (κ1) is 16.0. The maximum atomic E-state index is 11.7. The van der Waals surface area contributed by atoms with Crippen LogP contribution in [0.4, 0.5) is 0 Å². The van der Waals surface area contributed by atoms with E-state index in [0.29, 0.717) is 31.8 Å². The van der Waals surface area contributed by atoms with Crippen molar-refractivity contribution in [3.05, 3.63) is 17.8 Å². The second-order valence-corrected chi connectivity index (χ2v) is 6.18. The number of aliphatic hydroxyl groups is 1. The number of aromatic nitrogens is 1. The molecule has 0 radical (unpaired) electrons. The molecule has 0 bridgehead atoms. The van der Waals surface area contributed by atoms with E-state index in [1.807, 2.05) is 6.92 Å². The van der Waals surface area contributed by atoms with E-state index in [2.05, 4.69) is 9.88 Å². The number of oxazole rings is 1. The lowest BCUT2D eigenvalue weighted by Crippen LogP contribution is -2.48. The number of piperidine rings is 1. The molecule has 1 unspecified atom stereocenters. The van der Waals surface area contributed by atoms with Crippen LogP contribution in [0, 0.1) is 6.92 Å². The summed E-state index contributed by atoms with van der Waals surface area (Å²) in [7, 11) is 3.49. The highest BCUT2D eigenvalue weighted by molar-refractivity contribution is 5.75. The monoisotopic (exact) mass is 295 g/mol. The van der Waals surface area contributed by atoms with Crippen LogP contribution in [0.5, 0.6) is 0 Å². The van der Waals surface area contributed by atoms with Crippen molar-refractivity contribution in [2.75, 3.05) is 27.2 Å². The van der Waals surface area contributed by atoms with Gasteiger partial charge in [-0.25, -0.2) is 4.98 Å². The number of carbonyl (C=O) groups excluding carboxylic acids is 1. The minimum atomic E-state index is -0.775. The van der Waals surface area contributed by atoms with Crippen LogP contribution in [0.2, 0.25) is 0 Å². The third-order valence-electron chi connectivity index (χ3n) is 3.99. The number of β-amino-alcohol motifs (C(OH)–C–C–N with tert-alkyl or cyclic N) is 1. The molecule has 0 saturated carbocycles. The maximum Gasteiger partial charge on any atom is 0.222 e. The van der Waals surface area contributed by atoms with Gasteiger partial charge in [0.1, 0.15) is 6.26 Å². The van der Waals surface area contributed by atoms with Crippen molar-refractivity contribution in [3.63, 3.8) is 0 Å². The fraction of sp³-hybridized carbons (Fsp3) is 0.733. The van der Waals surface area contributed by atoms with E-state index in [4.69, 9.17) is 4.42 Å². The first-order valence-electron chi connectivity index (χ1n) is 7.44. The summed E-state index contributed by atoms with van der Waals surface area (Å²) in [5.41, 5.74) is 0.115. The minimum Gasteiger partial charge on any atom is -0.449 e. The number of carbonyl (C=O) groups is 1. The van der Waals surface area contributed by atoms with Crippen LogP contribution in [0.3, 0.4) is 0 Å². The Morgan fingerprint density at radius 2 is 2.33 bits per heavy atom. The molecule has 1 N–H and O–H groups in total. The van der Waals surface area contributed by atoms with Crippen molar-refractivity contribution in [1.82, 2.24) is 14.8 Å². The van der Waals surface area contributed by atoms with Gasteiger partial charge in [-0.3, -0.25) is 9.69 Å². The van der Waals surface area contributed by atoms with E-state index in [-0.39, 0.29) is 5.91 Å². The third-order valence-corrected chi connectivity index (χ3v) is 3.99. The van der Waals surface area contributed by atoms with Gasteiger partial charge in [0.05, 0.1) is 11.3 Å². The van der Waals surface area contributed by atoms with Crippen molar-refractivity contribution in [1.29, 1.82) is 0 Å². The molecule has 1 aromatic heterocycles. The predicted octanol–water partition coefficient (Wildman–Crippen LogP) is 1.18. The Morgan fingerprint density at radius 3 is 2.95 bits per heavy atom. The molecule has 1 atom stereocenters. The molecule has 1 saturated heterocycles. The van der Waals surface area contributed by atoms with Crippen molar-refractivity contribution in [2.24, 2.45) is 0 Å². The van der Waals surface area contributed by atoms with Gasteiger partial charge in [-0.1, -0.05) is 0 Å². The number of hydrogen-bond donors (Lipinski definition) is 1. The number of likely N-dealkylation sites (tertiary alicyclic amines) is 1. The smallest absolute Gasteiger partial charge is 0.222 e. The zero-order valence-electron chi connectivity index (χ0n) is 13.1. The van der Waals surface area contributed by atoms with Gasteiger partial charge in [0.25, 0.3) is 0 Å². The summed E-state index contributed by atoms with van der Waals surface area (Å²) >= 11 is 0. The molecule has 1 fully saturated rings. The molecular weight excluding hydrogens is 270 g/mol. The van der Waals surface area contributed by atoms with Crippen molar-refractivity contribution < 1.29 is 14.3 Å². The van der Waals surface area contributed by atoms with E-state index in [1.54, 1.807) is 25.3 Å². The summed E-state index contributed by atoms with van der Waals surface area (Å²) in [5, 5.41) is 10.7. The van der Waals surface area contributed by atoms with Crippen LogP contribution < -0.4 is 0 Å². The number of rotatable bonds is 5. The van der Waals surface area contributed by atoms with Crippen LogP contribution in [0.25, 0.3) is 0 Å². The van der Waals surface area contributed by atoms with Crippen LogP contribution >= 0.6 is 0 Å². The summed E-state index contributed by atoms with van der Waals surface area (Å²) in [6.45, 7) is 4.03. The molecule has 2 heterocycles. The zero-order valence-corrected chi connectivity index (χ0v) is 13.1. The van der Waals surface area contributed by atoms with Gasteiger partial charge in [0.2, 0.25) is 5.91 Å². The van der Waals surface area contributed by atoms with Gasteiger partial charge in [-0.15, -0.1) is 0 Å². The Kier molecular flexibility index (Phi) is 5.00. The molecule has 2 rings (SSSR count). The standard InChI is InChI=1S/C15H25N3O3/c1-12-16-13(10-21-12)9-18-8-4-6-15(20,11-18)7-5-14(19)17(2)3/h10,20H,4-9,11H2,1-3H3.